The Morgan fingerprint density at radius 3 is 3.14 bits per heavy atom. The van der Waals surface area contributed by atoms with Crippen molar-refractivity contribution < 1.29 is 9.32 Å². The van der Waals surface area contributed by atoms with E-state index in [-0.39, 0.29) is 11.8 Å². The van der Waals surface area contributed by atoms with Crippen molar-refractivity contribution in [1.29, 1.82) is 0 Å². The van der Waals surface area contributed by atoms with Crippen LogP contribution >= 0.6 is 0 Å². The van der Waals surface area contributed by atoms with Gasteiger partial charge in [0.25, 0.3) is 5.91 Å². The monoisotopic (exact) mass is 287 g/mol. The molecule has 3 heterocycles. The summed E-state index contributed by atoms with van der Waals surface area (Å²) >= 11 is 0. The van der Waals surface area contributed by atoms with Crippen LogP contribution in [0.5, 0.6) is 0 Å². The maximum atomic E-state index is 12.6. The minimum Gasteiger partial charge on any atom is -0.339 e. The van der Waals surface area contributed by atoms with E-state index in [1.807, 2.05) is 4.90 Å². The quantitative estimate of drug-likeness (QED) is 0.897. The highest BCUT2D eigenvalue weighted by Crippen LogP contribution is 2.29. The van der Waals surface area contributed by atoms with Gasteiger partial charge in [-0.2, -0.15) is 10.1 Å². The summed E-state index contributed by atoms with van der Waals surface area (Å²) in [5.41, 5.74) is 2.84. The summed E-state index contributed by atoms with van der Waals surface area (Å²) in [7, 11) is 0. The summed E-state index contributed by atoms with van der Waals surface area (Å²) in [5, 5.41) is 11.0. The molecule has 0 saturated carbocycles. The first-order chi connectivity index (χ1) is 10.2. The fourth-order valence-electron chi connectivity index (χ4n) is 3.27. The number of likely N-dealkylation sites (tertiary alicyclic amines) is 1. The van der Waals surface area contributed by atoms with E-state index in [4.69, 9.17) is 4.52 Å². The fraction of sp³-hybridized carbons (Fsp3) is 0.571. The highest BCUT2D eigenvalue weighted by Gasteiger charge is 2.34. The average molecular weight is 287 g/mol. The molecule has 0 unspecified atom stereocenters. The first-order valence-corrected chi connectivity index (χ1v) is 7.38. The van der Waals surface area contributed by atoms with E-state index in [1.165, 1.54) is 0 Å². The highest BCUT2D eigenvalue weighted by molar-refractivity contribution is 5.94. The molecule has 1 aliphatic heterocycles. The molecule has 0 bridgehead atoms. The van der Waals surface area contributed by atoms with E-state index in [0.29, 0.717) is 30.5 Å². The molecule has 1 amide bonds. The van der Waals surface area contributed by atoms with Gasteiger partial charge in [-0.1, -0.05) is 5.16 Å². The number of aromatic nitrogens is 4. The zero-order valence-corrected chi connectivity index (χ0v) is 11.9. The van der Waals surface area contributed by atoms with Crippen LogP contribution in [0.4, 0.5) is 0 Å². The molecule has 2 aliphatic rings. The molecule has 7 heteroatoms. The Balaban J connectivity index is 1.51. The van der Waals surface area contributed by atoms with Crippen LogP contribution in [0.2, 0.25) is 0 Å². The molecule has 21 heavy (non-hydrogen) atoms. The maximum Gasteiger partial charge on any atom is 0.274 e. The largest absolute Gasteiger partial charge is 0.339 e. The Hall–Kier alpha value is -2.18. The maximum absolute atomic E-state index is 12.6. The normalized spacial score (nSPS) is 21.0. The standard InChI is InChI=1S/C14H17N5O2/c1-8-15-13(21-18-8)9-5-6-19(7-9)14(20)12-10-3-2-4-11(10)16-17-12/h9H,2-7H2,1H3,(H,16,17)/t9-/m1/s1. The van der Waals surface area contributed by atoms with Gasteiger partial charge in [0.15, 0.2) is 11.5 Å². The van der Waals surface area contributed by atoms with Gasteiger partial charge < -0.3 is 9.42 Å². The fourth-order valence-corrected chi connectivity index (χ4v) is 3.27. The van der Waals surface area contributed by atoms with Crippen molar-refractivity contribution in [3.05, 3.63) is 28.7 Å². The molecule has 2 aromatic rings. The summed E-state index contributed by atoms with van der Waals surface area (Å²) in [6.45, 7) is 3.15. The third kappa shape index (κ3) is 2.03. The number of amides is 1. The van der Waals surface area contributed by atoms with Gasteiger partial charge in [-0.25, -0.2) is 0 Å². The summed E-state index contributed by atoms with van der Waals surface area (Å²) in [5.74, 6) is 1.44. The number of carbonyl (C=O) groups excluding carboxylic acids is 1. The predicted octanol–water partition coefficient (Wildman–Crippen LogP) is 1.22. The first kappa shape index (κ1) is 12.6. The topological polar surface area (TPSA) is 87.9 Å². The van der Waals surface area contributed by atoms with Crippen LogP contribution in [0, 0.1) is 6.92 Å². The van der Waals surface area contributed by atoms with Crippen molar-refractivity contribution in [1.82, 2.24) is 25.2 Å². The number of aromatic amines is 1. The Labute approximate surface area is 121 Å². The van der Waals surface area contributed by atoms with Crippen LogP contribution in [-0.4, -0.2) is 44.2 Å². The number of carbonyl (C=O) groups is 1. The van der Waals surface area contributed by atoms with Gasteiger partial charge in [0.1, 0.15) is 0 Å². The molecule has 2 aromatic heterocycles. The Morgan fingerprint density at radius 2 is 2.33 bits per heavy atom. The van der Waals surface area contributed by atoms with E-state index in [2.05, 4.69) is 20.3 Å². The van der Waals surface area contributed by atoms with Gasteiger partial charge >= 0.3 is 0 Å². The molecule has 110 valence electrons. The number of hydrogen-bond donors (Lipinski definition) is 1. The number of H-pyrrole nitrogens is 1. The van der Waals surface area contributed by atoms with Crippen LogP contribution < -0.4 is 0 Å². The van der Waals surface area contributed by atoms with Crippen molar-refractivity contribution in [2.75, 3.05) is 13.1 Å². The smallest absolute Gasteiger partial charge is 0.274 e. The van der Waals surface area contributed by atoms with E-state index in [1.54, 1.807) is 6.92 Å². The lowest BCUT2D eigenvalue weighted by molar-refractivity contribution is 0.0782. The summed E-state index contributed by atoms with van der Waals surface area (Å²) in [6, 6.07) is 0. The number of rotatable bonds is 2. The molecule has 1 fully saturated rings. The minimum absolute atomic E-state index is 0.0214. The minimum atomic E-state index is 0.0214. The molecule has 1 saturated heterocycles. The van der Waals surface area contributed by atoms with Crippen LogP contribution in [0.25, 0.3) is 0 Å². The van der Waals surface area contributed by atoms with Crippen molar-refractivity contribution in [3.63, 3.8) is 0 Å². The molecule has 1 atom stereocenters. The van der Waals surface area contributed by atoms with Crippen molar-refractivity contribution in [2.24, 2.45) is 0 Å². The van der Waals surface area contributed by atoms with Gasteiger partial charge in [-0.15, -0.1) is 0 Å². The van der Waals surface area contributed by atoms with Gasteiger partial charge in [0.2, 0.25) is 5.89 Å². The van der Waals surface area contributed by atoms with Crippen molar-refractivity contribution >= 4 is 5.91 Å². The van der Waals surface area contributed by atoms with Crippen LogP contribution in [-0.2, 0) is 12.8 Å². The molecular formula is C14H17N5O2. The molecule has 0 aromatic carbocycles. The zero-order valence-electron chi connectivity index (χ0n) is 11.9. The first-order valence-electron chi connectivity index (χ1n) is 7.38. The summed E-state index contributed by atoms with van der Waals surface area (Å²) in [6.07, 6.45) is 3.92. The number of hydrogen-bond acceptors (Lipinski definition) is 5. The molecular weight excluding hydrogens is 270 g/mol. The number of nitrogens with one attached hydrogen (secondary N) is 1. The molecule has 4 rings (SSSR count). The van der Waals surface area contributed by atoms with Crippen molar-refractivity contribution in [3.8, 4) is 0 Å². The average Bonchev–Trinajstić information content (AvgIpc) is 3.21. The van der Waals surface area contributed by atoms with Crippen LogP contribution in [0.15, 0.2) is 4.52 Å². The lowest BCUT2D eigenvalue weighted by atomic mass is 10.1. The second-order valence-corrected chi connectivity index (χ2v) is 5.80. The molecule has 0 radical (unpaired) electrons. The Kier molecular flexibility index (Phi) is 2.80. The van der Waals surface area contributed by atoms with E-state index >= 15 is 0 Å². The Morgan fingerprint density at radius 1 is 1.43 bits per heavy atom. The van der Waals surface area contributed by atoms with Gasteiger partial charge in [-0.05, 0) is 32.6 Å². The number of fused-ring (bicyclic) bond motifs is 1. The summed E-state index contributed by atoms with van der Waals surface area (Å²) in [4.78, 5) is 18.7. The second-order valence-electron chi connectivity index (χ2n) is 5.80. The summed E-state index contributed by atoms with van der Waals surface area (Å²) < 4.78 is 5.22. The lowest BCUT2D eigenvalue weighted by Gasteiger charge is -2.14. The number of nitrogens with zero attached hydrogens (tertiary/aromatic N) is 4. The number of aryl methyl sites for hydroxylation is 2. The molecule has 1 aliphatic carbocycles. The highest BCUT2D eigenvalue weighted by atomic mass is 16.5. The molecule has 1 N–H and O–H groups in total. The zero-order chi connectivity index (χ0) is 14.4. The van der Waals surface area contributed by atoms with E-state index < -0.39 is 0 Å². The van der Waals surface area contributed by atoms with Gasteiger partial charge in [0, 0.05) is 24.3 Å². The third-order valence-corrected chi connectivity index (χ3v) is 4.38. The van der Waals surface area contributed by atoms with Gasteiger partial charge in [0.05, 0.1) is 5.92 Å². The molecule has 7 nitrogen and oxygen atoms in total. The SMILES string of the molecule is Cc1noc([C@@H]2CCN(C(=O)c3n[nH]c4c3CCC4)C2)n1. The van der Waals surface area contributed by atoms with E-state index in [9.17, 15) is 4.79 Å². The van der Waals surface area contributed by atoms with Crippen LogP contribution in [0.3, 0.4) is 0 Å². The van der Waals surface area contributed by atoms with Crippen molar-refractivity contribution in [2.45, 2.75) is 38.5 Å². The molecule has 0 spiro atoms. The predicted molar refractivity (Wildman–Crippen MR) is 72.9 cm³/mol. The van der Waals surface area contributed by atoms with Gasteiger partial charge in [-0.3, -0.25) is 9.89 Å². The second kappa shape index (κ2) is 4.68. The van der Waals surface area contributed by atoms with Crippen LogP contribution in [0.1, 0.15) is 52.2 Å². The van der Waals surface area contributed by atoms with E-state index in [0.717, 1.165) is 36.9 Å². The Bertz CT molecular complexity index is 689. The third-order valence-electron chi connectivity index (χ3n) is 4.38. The lowest BCUT2D eigenvalue weighted by Crippen LogP contribution is -2.29.